The van der Waals surface area contributed by atoms with Gasteiger partial charge in [-0.15, -0.1) is 10.2 Å². The van der Waals surface area contributed by atoms with E-state index in [9.17, 15) is 0 Å². The molecule has 1 atom stereocenters. The molecule has 0 radical (unpaired) electrons. The van der Waals surface area contributed by atoms with E-state index in [-0.39, 0.29) is 0 Å². The number of hydrogen-bond acceptors (Lipinski definition) is 3. The summed E-state index contributed by atoms with van der Waals surface area (Å²) in [6, 6.07) is 0. The van der Waals surface area contributed by atoms with Crippen molar-refractivity contribution in [2.75, 3.05) is 26.2 Å². The number of aliphatic imine (C=N–C) groups is 1. The van der Waals surface area contributed by atoms with Crippen molar-refractivity contribution in [1.29, 1.82) is 0 Å². The van der Waals surface area contributed by atoms with Gasteiger partial charge in [0.05, 0.1) is 0 Å². The molecule has 1 aromatic heterocycles. The molecule has 0 aromatic carbocycles. The maximum absolute atomic E-state index is 5.13. The molecule has 1 unspecified atom stereocenters. The number of aromatic nitrogens is 3. The second kappa shape index (κ2) is 8.83. The van der Waals surface area contributed by atoms with E-state index in [1.807, 2.05) is 0 Å². The van der Waals surface area contributed by atoms with Gasteiger partial charge in [0, 0.05) is 39.1 Å². The molecule has 1 aliphatic carbocycles. The third-order valence-corrected chi connectivity index (χ3v) is 7.19. The number of likely N-dealkylation sites (tertiary alicyclic amines) is 1. The molecule has 0 amide bonds. The largest absolute Gasteiger partial charge is 0.357 e. The van der Waals surface area contributed by atoms with E-state index >= 15 is 0 Å². The van der Waals surface area contributed by atoms with Gasteiger partial charge in [0.1, 0.15) is 11.6 Å². The first-order valence-electron chi connectivity index (χ1n) is 11.6. The van der Waals surface area contributed by atoms with E-state index in [0.717, 1.165) is 50.2 Å². The van der Waals surface area contributed by atoms with Crippen molar-refractivity contribution in [2.24, 2.45) is 16.3 Å². The number of fused-ring (bicyclic) bond motifs is 1. The van der Waals surface area contributed by atoms with Crippen LogP contribution in [0.5, 0.6) is 0 Å². The zero-order valence-electron chi connectivity index (χ0n) is 17.9. The smallest absolute Gasteiger partial charge is 0.193 e. The van der Waals surface area contributed by atoms with Crippen LogP contribution in [0, 0.1) is 18.3 Å². The fourth-order valence-corrected chi connectivity index (χ4v) is 5.60. The predicted octanol–water partition coefficient (Wildman–Crippen LogP) is 3.55. The minimum absolute atomic E-state index is 0.546. The minimum atomic E-state index is 0.546. The molecule has 3 heterocycles. The lowest BCUT2D eigenvalue weighted by molar-refractivity contribution is 0.115. The molecule has 2 aliphatic heterocycles. The van der Waals surface area contributed by atoms with Crippen LogP contribution in [-0.2, 0) is 13.0 Å². The fraction of sp³-hybridized carbons (Fsp3) is 0.864. The molecule has 1 saturated carbocycles. The number of nitrogens with one attached hydrogen (secondary N) is 1. The molecule has 1 aromatic rings. The number of piperidine rings is 1. The molecule has 0 bridgehead atoms. The highest BCUT2D eigenvalue weighted by atomic mass is 15.3. The number of hydrogen-bond donors (Lipinski definition) is 1. The second-order valence-electron chi connectivity index (χ2n) is 9.31. The topological polar surface area (TPSA) is 58.3 Å². The van der Waals surface area contributed by atoms with Crippen molar-refractivity contribution >= 4 is 5.96 Å². The first-order valence-corrected chi connectivity index (χ1v) is 11.6. The molecule has 4 rings (SSSR count). The Labute approximate surface area is 170 Å². The molecule has 1 N–H and O–H groups in total. The fourth-order valence-electron chi connectivity index (χ4n) is 5.60. The quantitative estimate of drug-likeness (QED) is 0.637. The van der Waals surface area contributed by atoms with E-state index in [1.165, 1.54) is 64.3 Å². The van der Waals surface area contributed by atoms with Gasteiger partial charge in [-0.05, 0) is 57.3 Å². The summed E-state index contributed by atoms with van der Waals surface area (Å²) in [6.45, 7) is 9.48. The van der Waals surface area contributed by atoms with Crippen LogP contribution in [0.3, 0.4) is 0 Å². The second-order valence-corrected chi connectivity index (χ2v) is 9.31. The Morgan fingerprint density at radius 2 is 1.93 bits per heavy atom. The maximum Gasteiger partial charge on any atom is 0.193 e. The average molecular weight is 387 g/mol. The van der Waals surface area contributed by atoms with Crippen LogP contribution < -0.4 is 5.32 Å². The summed E-state index contributed by atoms with van der Waals surface area (Å²) in [5.41, 5.74) is 0.546. The standard InChI is InChI=1S/C22H38N6/c1-3-23-21(24-15-19-9-10-20-26-25-18(2)28(20)16-19)27-14-8-13-22(17-27)11-6-4-5-7-12-22/h19H,3-17H2,1-2H3,(H,23,24). The number of rotatable bonds is 3. The Morgan fingerprint density at radius 3 is 2.71 bits per heavy atom. The Hall–Kier alpha value is -1.59. The van der Waals surface area contributed by atoms with Crippen LogP contribution in [0.2, 0.25) is 0 Å². The summed E-state index contributed by atoms with van der Waals surface area (Å²) in [4.78, 5) is 7.71. The maximum atomic E-state index is 5.13. The van der Waals surface area contributed by atoms with Gasteiger partial charge in [0.25, 0.3) is 0 Å². The first-order chi connectivity index (χ1) is 13.7. The Kier molecular flexibility index (Phi) is 6.22. The molecular formula is C22H38N6. The molecule has 6 heteroatoms. The summed E-state index contributed by atoms with van der Waals surface area (Å²) < 4.78 is 2.29. The molecule has 28 heavy (non-hydrogen) atoms. The zero-order chi connectivity index (χ0) is 19.4. The van der Waals surface area contributed by atoms with E-state index in [1.54, 1.807) is 0 Å². The predicted molar refractivity (Wildman–Crippen MR) is 113 cm³/mol. The minimum Gasteiger partial charge on any atom is -0.357 e. The Balaban J connectivity index is 1.42. The van der Waals surface area contributed by atoms with E-state index < -0.39 is 0 Å². The van der Waals surface area contributed by atoms with Crippen LogP contribution in [0.15, 0.2) is 4.99 Å². The molecule has 156 valence electrons. The third-order valence-electron chi connectivity index (χ3n) is 7.19. The van der Waals surface area contributed by atoms with E-state index in [0.29, 0.717) is 11.3 Å². The Bertz CT molecular complexity index is 671. The van der Waals surface area contributed by atoms with Gasteiger partial charge < -0.3 is 14.8 Å². The molecular weight excluding hydrogens is 348 g/mol. The highest BCUT2D eigenvalue weighted by molar-refractivity contribution is 5.80. The summed E-state index contributed by atoms with van der Waals surface area (Å²) in [5, 5.41) is 12.1. The first kappa shape index (κ1) is 19.7. The normalized spacial score (nSPS) is 25.4. The lowest BCUT2D eigenvalue weighted by Crippen LogP contribution is -2.50. The van der Waals surface area contributed by atoms with Crippen molar-refractivity contribution in [2.45, 2.75) is 84.6 Å². The number of guanidine groups is 1. The van der Waals surface area contributed by atoms with Crippen molar-refractivity contribution in [3.05, 3.63) is 11.6 Å². The van der Waals surface area contributed by atoms with Gasteiger partial charge in [-0.1, -0.05) is 25.7 Å². The lowest BCUT2D eigenvalue weighted by Gasteiger charge is -2.44. The lowest BCUT2D eigenvalue weighted by atomic mass is 9.74. The van der Waals surface area contributed by atoms with Crippen molar-refractivity contribution in [3.63, 3.8) is 0 Å². The van der Waals surface area contributed by atoms with Gasteiger partial charge in [-0.3, -0.25) is 4.99 Å². The van der Waals surface area contributed by atoms with Gasteiger partial charge in [-0.2, -0.15) is 0 Å². The van der Waals surface area contributed by atoms with Gasteiger partial charge >= 0.3 is 0 Å². The van der Waals surface area contributed by atoms with Crippen LogP contribution >= 0.6 is 0 Å². The van der Waals surface area contributed by atoms with Crippen molar-refractivity contribution in [1.82, 2.24) is 25.0 Å². The van der Waals surface area contributed by atoms with E-state index in [4.69, 9.17) is 4.99 Å². The van der Waals surface area contributed by atoms with Crippen LogP contribution in [0.4, 0.5) is 0 Å². The molecule has 6 nitrogen and oxygen atoms in total. The zero-order valence-corrected chi connectivity index (χ0v) is 17.9. The van der Waals surface area contributed by atoms with Crippen LogP contribution in [-0.4, -0.2) is 51.8 Å². The molecule has 3 aliphatic rings. The van der Waals surface area contributed by atoms with Gasteiger partial charge in [0.2, 0.25) is 0 Å². The number of nitrogens with zero attached hydrogens (tertiary/aromatic N) is 5. The highest BCUT2D eigenvalue weighted by Crippen LogP contribution is 2.42. The summed E-state index contributed by atoms with van der Waals surface area (Å²) in [7, 11) is 0. The van der Waals surface area contributed by atoms with Crippen LogP contribution in [0.1, 0.15) is 76.4 Å². The monoisotopic (exact) mass is 386 g/mol. The van der Waals surface area contributed by atoms with Gasteiger partial charge in [0.15, 0.2) is 5.96 Å². The third kappa shape index (κ3) is 4.36. The molecule has 2 fully saturated rings. The molecule has 1 spiro atoms. The van der Waals surface area contributed by atoms with Crippen LogP contribution in [0.25, 0.3) is 0 Å². The summed E-state index contributed by atoms with van der Waals surface area (Å²) >= 11 is 0. The van der Waals surface area contributed by atoms with E-state index in [2.05, 4.69) is 38.8 Å². The summed E-state index contributed by atoms with van der Waals surface area (Å²) in [6.07, 6.45) is 13.5. The van der Waals surface area contributed by atoms with Gasteiger partial charge in [-0.25, -0.2) is 0 Å². The summed E-state index contributed by atoms with van der Waals surface area (Å²) in [5.74, 6) is 3.93. The van der Waals surface area contributed by atoms with Crippen molar-refractivity contribution < 1.29 is 0 Å². The van der Waals surface area contributed by atoms with Crippen molar-refractivity contribution in [3.8, 4) is 0 Å². The number of aryl methyl sites for hydroxylation is 2. The SMILES string of the molecule is CCNC(=NCC1CCc2nnc(C)n2C1)N1CCCC2(CCCCCC2)C1. The Morgan fingerprint density at radius 1 is 1.14 bits per heavy atom. The average Bonchev–Trinajstić information content (AvgIpc) is 2.93. The molecule has 1 saturated heterocycles. The highest BCUT2D eigenvalue weighted by Gasteiger charge is 2.36.